The number of carbonyl (C=O) groups is 2. The summed E-state index contributed by atoms with van der Waals surface area (Å²) >= 11 is 0. The number of nitrogens with zero attached hydrogens (tertiary/aromatic N) is 1. The van der Waals surface area contributed by atoms with Crippen LogP contribution < -0.4 is 19.1 Å². The molecule has 0 radical (unpaired) electrons. The second kappa shape index (κ2) is 8.41. The van der Waals surface area contributed by atoms with Gasteiger partial charge in [-0.15, -0.1) is 0 Å². The van der Waals surface area contributed by atoms with E-state index in [0.717, 1.165) is 0 Å². The zero-order valence-corrected chi connectivity index (χ0v) is 17.7. The molecule has 0 spiro atoms. The minimum atomic E-state index is -0.457. The van der Waals surface area contributed by atoms with Gasteiger partial charge in [0.1, 0.15) is 11.6 Å². The van der Waals surface area contributed by atoms with Gasteiger partial charge in [-0.05, 0) is 43.2 Å². The molecule has 0 fully saturated rings. The van der Waals surface area contributed by atoms with Crippen molar-refractivity contribution in [3.63, 3.8) is 0 Å². The maximum atomic E-state index is 13.4. The van der Waals surface area contributed by atoms with Crippen LogP contribution in [0.5, 0.6) is 17.2 Å². The van der Waals surface area contributed by atoms with Crippen LogP contribution in [0.4, 0.5) is 10.1 Å². The molecule has 0 N–H and O–H groups in total. The normalized spacial score (nSPS) is 18.7. The Morgan fingerprint density at radius 2 is 1.55 bits per heavy atom. The number of ether oxygens (including phenoxy) is 3. The maximum Gasteiger partial charge on any atom is 0.232 e. The Labute approximate surface area is 180 Å². The predicted molar refractivity (Wildman–Crippen MR) is 113 cm³/mol. The van der Waals surface area contributed by atoms with E-state index in [0.29, 0.717) is 59.0 Å². The fourth-order valence-corrected chi connectivity index (χ4v) is 4.47. The van der Waals surface area contributed by atoms with Crippen molar-refractivity contribution in [3.05, 3.63) is 59.0 Å². The van der Waals surface area contributed by atoms with E-state index in [-0.39, 0.29) is 23.9 Å². The molecule has 4 rings (SSSR count). The number of ketones is 1. The van der Waals surface area contributed by atoms with E-state index in [9.17, 15) is 14.0 Å². The summed E-state index contributed by atoms with van der Waals surface area (Å²) in [6.45, 7) is 0. The summed E-state index contributed by atoms with van der Waals surface area (Å²) in [5, 5.41) is 0. The first kappa shape index (κ1) is 20.9. The quantitative estimate of drug-likeness (QED) is 0.711. The van der Waals surface area contributed by atoms with Gasteiger partial charge in [-0.2, -0.15) is 0 Å². The summed E-state index contributed by atoms with van der Waals surface area (Å²) in [6.07, 6.45) is 1.78. The van der Waals surface area contributed by atoms with Crippen LogP contribution in [0.25, 0.3) is 0 Å². The minimum Gasteiger partial charge on any atom is -0.496 e. The fourth-order valence-electron chi connectivity index (χ4n) is 4.47. The number of rotatable bonds is 5. The SMILES string of the molecule is COc1cc(OC)c([C@@H]2CC(=O)N(c3ccc(F)cc3)C3=C2C(=O)CCC3)cc1OC. The summed E-state index contributed by atoms with van der Waals surface area (Å²) < 4.78 is 29.8. The van der Waals surface area contributed by atoms with Gasteiger partial charge in [0.05, 0.1) is 21.3 Å². The van der Waals surface area contributed by atoms with Gasteiger partial charge in [-0.25, -0.2) is 4.39 Å². The molecule has 2 aliphatic rings. The van der Waals surface area contributed by atoms with Gasteiger partial charge in [0, 0.05) is 47.3 Å². The third-order valence-corrected chi connectivity index (χ3v) is 5.87. The molecule has 31 heavy (non-hydrogen) atoms. The second-order valence-electron chi connectivity index (χ2n) is 7.55. The Balaban J connectivity index is 1.89. The molecule has 1 aliphatic carbocycles. The lowest BCUT2D eigenvalue weighted by Gasteiger charge is -2.38. The van der Waals surface area contributed by atoms with E-state index in [2.05, 4.69) is 0 Å². The van der Waals surface area contributed by atoms with Crippen molar-refractivity contribution >= 4 is 17.4 Å². The molecule has 6 nitrogen and oxygen atoms in total. The van der Waals surface area contributed by atoms with Crippen molar-refractivity contribution in [1.29, 1.82) is 0 Å². The first-order valence-corrected chi connectivity index (χ1v) is 10.1. The van der Waals surface area contributed by atoms with Crippen molar-refractivity contribution in [2.75, 3.05) is 26.2 Å². The van der Waals surface area contributed by atoms with E-state index in [1.165, 1.54) is 33.5 Å². The molecule has 1 aliphatic heterocycles. The van der Waals surface area contributed by atoms with Crippen molar-refractivity contribution in [1.82, 2.24) is 0 Å². The van der Waals surface area contributed by atoms with Gasteiger partial charge in [-0.3, -0.25) is 14.5 Å². The van der Waals surface area contributed by atoms with Gasteiger partial charge >= 0.3 is 0 Å². The summed E-state index contributed by atoms with van der Waals surface area (Å²) in [7, 11) is 4.61. The zero-order chi connectivity index (χ0) is 22.1. The highest BCUT2D eigenvalue weighted by atomic mass is 19.1. The highest BCUT2D eigenvalue weighted by Gasteiger charge is 2.41. The van der Waals surface area contributed by atoms with E-state index >= 15 is 0 Å². The summed E-state index contributed by atoms with van der Waals surface area (Å²) in [5.41, 5.74) is 2.56. The predicted octanol–water partition coefficient (Wildman–Crippen LogP) is 4.38. The van der Waals surface area contributed by atoms with Gasteiger partial charge in [0.15, 0.2) is 17.3 Å². The topological polar surface area (TPSA) is 65.1 Å². The first-order chi connectivity index (χ1) is 15.0. The van der Waals surface area contributed by atoms with Gasteiger partial charge < -0.3 is 14.2 Å². The standard InChI is InChI=1S/C24H24FNO5/c1-29-20-13-22(31-3)21(30-2)11-16(20)17-12-23(28)26(15-9-7-14(25)8-10-15)18-5-4-6-19(27)24(17)18/h7-11,13,17H,4-6,12H2,1-3H3/t17-/m0/s1. The molecule has 0 unspecified atom stereocenters. The van der Waals surface area contributed by atoms with Crippen molar-refractivity contribution in [2.45, 2.75) is 31.6 Å². The summed E-state index contributed by atoms with van der Waals surface area (Å²) in [6, 6.07) is 9.24. The van der Waals surface area contributed by atoms with E-state index in [1.807, 2.05) is 0 Å². The number of amides is 1. The Morgan fingerprint density at radius 1 is 0.903 bits per heavy atom. The third-order valence-electron chi connectivity index (χ3n) is 5.87. The molecule has 0 saturated heterocycles. The molecule has 0 aromatic heterocycles. The first-order valence-electron chi connectivity index (χ1n) is 10.1. The number of Topliss-reactive ketones (excluding diaryl/α,β-unsaturated/α-hetero) is 1. The number of halogens is 1. The number of hydrogen-bond donors (Lipinski definition) is 0. The van der Waals surface area contributed by atoms with Crippen molar-refractivity contribution < 1.29 is 28.2 Å². The maximum absolute atomic E-state index is 13.4. The zero-order valence-electron chi connectivity index (χ0n) is 17.7. The van der Waals surface area contributed by atoms with Gasteiger partial charge in [-0.1, -0.05) is 0 Å². The molecule has 1 atom stereocenters. The van der Waals surface area contributed by atoms with Crippen LogP contribution in [-0.4, -0.2) is 33.0 Å². The van der Waals surface area contributed by atoms with E-state index in [4.69, 9.17) is 14.2 Å². The average molecular weight is 425 g/mol. The second-order valence-corrected chi connectivity index (χ2v) is 7.55. The Morgan fingerprint density at radius 3 is 2.19 bits per heavy atom. The molecule has 2 aromatic carbocycles. The van der Waals surface area contributed by atoms with E-state index in [1.54, 1.807) is 29.2 Å². The molecular weight excluding hydrogens is 401 g/mol. The smallest absolute Gasteiger partial charge is 0.232 e. The number of anilines is 1. The summed E-state index contributed by atoms with van der Waals surface area (Å²) in [4.78, 5) is 27.9. The molecule has 2 aromatic rings. The summed E-state index contributed by atoms with van der Waals surface area (Å²) in [5.74, 6) is 0.553. The van der Waals surface area contributed by atoms with Crippen LogP contribution in [0, 0.1) is 5.82 Å². The molecule has 0 saturated carbocycles. The number of benzene rings is 2. The van der Waals surface area contributed by atoms with Gasteiger partial charge in [0.25, 0.3) is 0 Å². The highest BCUT2D eigenvalue weighted by Crippen LogP contribution is 2.48. The Hall–Kier alpha value is -3.35. The molecule has 162 valence electrons. The molecule has 7 heteroatoms. The lowest BCUT2D eigenvalue weighted by molar-refractivity contribution is -0.119. The lowest BCUT2D eigenvalue weighted by atomic mass is 9.76. The van der Waals surface area contributed by atoms with Crippen molar-refractivity contribution in [2.24, 2.45) is 0 Å². The lowest BCUT2D eigenvalue weighted by Crippen LogP contribution is -2.40. The van der Waals surface area contributed by atoms with Crippen molar-refractivity contribution in [3.8, 4) is 17.2 Å². The number of allylic oxidation sites excluding steroid dienone is 2. The van der Waals surface area contributed by atoms with Crippen LogP contribution >= 0.6 is 0 Å². The molecule has 1 heterocycles. The van der Waals surface area contributed by atoms with E-state index < -0.39 is 5.92 Å². The van der Waals surface area contributed by atoms with Gasteiger partial charge in [0.2, 0.25) is 5.91 Å². The number of methoxy groups -OCH3 is 3. The molecule has 0 bridgehead atoms. The average Bonchev–Trinajstić information content (AvgIpc) is 2.78. The van der Waals surface area contributed by atoms with Crippen LogP contribution in [0.15, 0.2) is 47.7 Å². The largest absolute Gasteiger partial charge is 0.496 e. The third kappa shape index (κ3) is 3.65. The fraction of sp³-hybridized carbons (Fsp3) is 0.333. The van der Waals surface area contributed by atoms with Crippen LogP contribution in [0.2, 0.25) is 0 Å². The molecule has 1 amide bonds. The van der Waals surface area contributed by atoms with Crippen LogP contribution in [-0.2, 0) is 9.59 Å². The minimum absolute atomic E-state index is 0.0164. The monoisotopic (exact) mass is 425 g/mol. The number of hydrogen-bond acceptors (Lipinski definition) is 5. The Kier molecular flexibility index (Phi) is 5.67. The molecular formula is C24H24FNO5. The van der Waals surface area contributed by atoms with Crippen LogP contribution in [0.1, 0.15) is 37.2 Å². The van der Waals surface area contributed by atoms with Crippen LogP contribution in [0.3, 0.4) is 0 Å². The highest BCUT2D eigenvalue weighted by molar-refractivity contribution is 6.07. The Bertz CT molecular complexity index is 1060. The number of carbonyl (C=O) groups excluding carboxylic acids is 2.